The zero-order valence-corrected chi connectivity index (χ0v) is 24.5. The van der Waals surface area contributed by atoms with Gasteiger partial charge in [0.1, 0.15) is 18.2 Å². The van der Waals surface area contributed by atoms with Crippen molar-refractivity contribution in [1.29, 1.82) is 0 Å². The maximum absolute atomic E-state index is 14.1. The van der Waals surface area contributed by atoms with E-state index in [4.69, 9.17) is 48.7 Å². The van der Waals surface area contributed by atoms with Gasteiger partial charge in [-0.15, -0.1) is 0 Å². The summed E-state index contributed by atoms with van der Waals surface area (Å²) in [5.74, 6) is 0.276. The van der Waals surface area contributed by atoms with Gasteiger partial charge in [0.25, 0.3) is 0 Å². The van der Waals surface area contributed by atoms with Gasteiger partial charge in [-0.3, -0.25) is 0 Å². The predicted octanol–water partition coefficient (Wildman–Crippen LogP) is 8.76. The molecule has 10 heteroatoms. The quantitative estimate of drug-likeness (QED) is 0.185. The second kappa shape index (κ2) is 11.2. The summed E-state index contributed by atoms with van der Waals surface area (Å²) in [5, 5.41) is 1.73. The second-order valence-electron chi connectivity index (χ2n) is 10.0. The molecule has 2 fully saturated rings. The fourth-order valence-corrected chi connectivity index (χ4v) is 6.95. The van der Waals surface area contributed by atoms with Crippen LogP contribution in [0.4, 0.5) is 10.1 Å². The lowest BCUT2D eigenvalue weighted by molar-refractivity contribution is 0.0600. The first-order valence-electron chi connectivity index (χ1n) is 12.8. The van der Waals surface area contributed by atoms with E-state index < -0.39 is 11.8 Å². The minimum absolute atomic E-state index is 0.169. The Morgan fingerprint density at radius 2 is 1.77 bits per heavy atom. The van der Waals surface area contributed by atoms with E-state index in [1.807, 2.05) is 41.3 Å². The maximum atomic E-state index is 14.1. The molecule has 3 aromatic carbocycles. The lowest BCUT2D eigenvalue weighted by atomic mass is 9.90. The molecule has 0 radical (unpaired) electrons. The van der Waals surface area contributed by atoms with E-state index in [0.717, 1.165) is 35.2 Å². The van der Waals surface area contributed by atoms with Crippen LogP contribution in [-0.2, 0) is 11.3 Å². The van der Waals surface area contributed by atoms with Gasteiger partial charge in [0.05, 0.1) is 28.4 Å². The summed E-state index contributed by atoms with van der Waals surface area (Å²) in [6.07, 6.45) is 2.28. The number of methoxy groups -OCH3 is 1. The number of carbonyl (C=O) groups excluding carboxylic acids is 1. The minimum atomic E-state index is -0.568. The highest BCUT2D eigenvalue weighted by atomic mass is 35.5. The zero-order valence-electron chi connectivity index (χ0n) is 21.4. The highest BCUT2D eigenvalue weighted by Gasteiger charge is 2.33. The number of anilines is 1. The first kappa shape index (κ1) is 27.3. The van der Waals surface area contributed by atoms with Crippen molar-refractivity contribution in [2.75, 3.05) is 25.1 Å². The van der Waals surface area contributed by atoms with E-state index in [0.29, 0.717) is 52.1 Å². The second-order valence-corrected chi connectivity index (χ2v) is 12.0. The molecule has 0 bridgehead atoms. The maximum Gasteiger partial charge on any atom is 0.338 e. The number of carbonyl (C=O) groups is 1. The predicted molar refractivity (Wildman–Crippen MR) is 158 cm³/mol. The topological polar surface area (TPSA) is 51.7 Å². The van der Waals surface area contributed by atoms with Crippen LogP contribution in [0.5, 0.6) is 5.75 Å². The van der Waals surface area contributed by atoms with Crippen molar-refractivity contribution in [3.63, 3.8) is 0 Å². The molecule has 0 atom stereocenters. The van der Waals surface area contributed by atoms with Crippen molar-refractivity contribution in [3.05, 3.63) is 97.0 Å². The Balaban J connectivity index is 1.16. The Morgan fingerprint density at radius 1 is 1.02 bits per heavy atom. The third kappa shape index (κ3) is 5.40. The van der Waals surface area contributed by atoms with Crippen LogP contribution in [0.1, 0.15) is 51.0 Å². The van der Waals surface area contributed by atoms with Crippen LogP contribution in [-0.4, -0.2) is 30.5 Å². The minimum Gasteiger partial charge on any atom is -0.489 e. The van der Waals surface area contributed by atoms with Crippen LogP contribution in [0.25, 0.3) is 11.3 Å². The molecule has 0 amide bonds. The van der Waals surface area contributed by atoms with E-state index in [-0.39, 0.29) is 11.5 Å². The number of rotatable bonds is 8. The summed E-state index contributed by atoms with van der Waals surface area (Å²) in [4.78, 5) is 15.1. The van der Waals surface area contributed by atoms with Gasteiger partial charge in [-0.2, -0.15) is 4.37 Å². The molecular formula is C30H24Cl3FN2O3S. The van der Waals surface area contributed by atoms with Gasteiger partial charge in [0.15, 0.2) is 0 Å². The summed E-state index contributed by atoms with van der Waals surface area (Å²) in [6, 6.07) is 15.4. The molecule has 0 spiro atoms. The Labute approximate surface area is 250 Å². The van der Waals surface area contributed by atoms with Crippen LogP contribution in [0.15, 0.2) is 54.6 Å². The van der Waals surface area contributed by atoms with Gasteiger partial charge in [0.2, 0.25) is 0 Å². The van der Waals surface area contributed by atoms with Crippen LogP contribution >= 0.6 is 46.3 Å². The Hall–Kier alpha value is -2.84. The number of hydrogen-bond donors (Lipinski definition) is 0. The monoisotopic (exact) mass is 616 g/mol. The Kier molecular flexibility index (Phi) is 7.66. The van der Waals surface area contributed by atoms with E-state index in [1.54, 1.807) is 6.07 Å². The van der Waals surface area contributed by atoms with Gasteiger partial charge in [-0.1, -0.05) is 46.9 Å². The number of esters is 1. The molecule has 1 aliphatic heterocycles. The van der Waals surface area contributed by atoms with Crippen molar-refractivity contribution >= 4 is 58.0 Å². The highest BCUT2D eigenvalue weighted by Crippen LogP contribution is 2.48. The molecule has 1 aromatic heterocycles. The fraction of sp³-hybridized carbons (Fsp3) is 0.267. The third-order valence-electron chi connectivity index (χ3n) is 7.31. The van der Waals surface area contributed by atoms with Gasteiger partial charge >= 0.3 is 5.97 Å². The molecule has 1 aliphatic carbocycles. The van der Waals surface area contributed by atoms with Crippen molar-refractivity contribution in [2.24, 2.45) is 0 Å². The molecule has 1 saturated carbocycles. The van der Waals surface area contributed by atoms with Crippen molar-refractivity contribution in [3.8, 4) is 17.0 Å². The number of nitrogens with zero attached hydrogens (tertiary/aromatic N) is 2. The average molecular weight is 618 g/mol. The number of aromatic nitrogens is 1. The van der Waals surface area contributed by atoms with E-state index in [2.05, 4.69) is 0 Å². The van der Waals surface area contributed by atoms with Crippen molar-refractivity contribution < 1.29 is 18.7 Å². The number of halogens is 4. The van der Waals surface area contributed by atoms with Gasteiger partial charge < -0.3 is 14.4 Å². The highest BCUT2D eigenvalue weighted by molar-refractivity contribution is 7.06. The molecule has 0 unspecified atom stereocenters. The molecule has 6 rings (SSSR count). The zero-order chi connectivity index (χ0) is 28.0. The number of hydrogen-bond acceptors (Lipinski definition) is 6. The third-order valence-corrected chi connectivity index (χ3v) is 9.32. The number of benzene rings is 3. The fourth-order valence-electron chi connectivity index (χ4n) is 5.01. The van der Waals surface area contributed by atoms with Gasteiger partial charge in [-0.25, -0.2) is 9.18 Å². The lowest BCUT2D eigenvalue weighted by Gasteiger charge is -2.41. The standard InChI is InChI=1S/C30H24Cl3FN2O3S/c1-38-30(37)17-9-19(34)11-20(10-17)36-13-18(14-36)22-8-7-21(12-26(22)33)39-15-23-28(35-40-29(23)16-5-6-16)27-24(31)3-2-4-25(27)32/h2-4,7-12,16,18H,5-6,13-15H2,1H3. The summed E-state index contributed by atoms with van der Waals surface area (Å²) >= 11 is 21.2. The summed E-state index contributed by atoms with van der Waals surface area (Å²) in [6.45, 7) is 1.63. The molecular weight excluding hydrogens is 594 g/mol. The van der Waals surface area contributed by atoms with E-state index in [1.165, 1.54) is 35.7 Å². The molecule has 1 saturated heterocycles. The van der Waals surface area contributed by atoms with E-state index in [9.17, 15) is 9.18 Å². The summed E-state index contributed by atoms with van der Waals surface area (Å²) in [7, 11) is 1.28. The lowest BCUT2D eigenvalue weighted by Crippen LogP contribution is -2.45. The van der Waals surface area contributed by atoms with Crippen LogP contribution in [0, 0.1) is 5.82 Å². The van der Waals surface area contributed by atoms with Crippen molar-refractivity contribution in [1.82, 2.24) is 4.37 Å². The number of ether oxygens (including phenoxy) is 2. The van der Waals surface area contributed by atoms with Crippen molar-refractivity contribution in [2.45, 2.75) is 31.3 Å². The first-order valence-corrected chi connectivity index (χ1v) is 14.7. The summed E-state index contributed by atoms with van der Waals surface area (Å²) < 4.78 is 29.8. The molecule has 2 aliphatic rings. The smallest absolute Gasteiger partial charge is 0.338 e. The molecule has 40 heavy (non-hydrogen) atoms. The Morgan fingerprint density at radius 3 is 2.45 bits per heavy atom. The van der Waals surface area contributed by atoms with Crippen LogP contribution in [0.3, 0.4) is 0 Å². The molecule has 0 N–H and O–H groups in total. The molecule has 5 nitrogen and oxygen atoms in total. The normalized spacial score (nSPS) is 15.2. The largest absolute Gasteiger partial charge is 0.489 e. The van der Waals surface area contributed by atoms with Gasteiger partial charge in [0, 0.05) is 45.7 Å². The molecule has 206 valence electrons. The van der Waals surface area contributed by atoms with E-state index >= 15 is 0 Å². The van der Waals surface area contributed by atoms with Crippen LogP contribution in [0.2, 0.25) is 15.1 Å². The molecule has 4 aromatic rings. The first-order chi connectivity index (χ1) is 19.3. The van der Waals surface area contributed by atoms with Crippen LogP contribution < -0.4 is 9.64 Å². The molecule has 2 heterocycles. The SMILES string of the molecule is COC(=O)c1cc(F)cc(N2CC(c3ccc(OCc4c(-c5c(Cl)cccc5Cl)nsc4C4CC4)cc3Cl)C2)c1. The average Bonchev–Trinajstić information content (AvgIpc) is 3.67. The summed E-state index contributed by atoms with van der Waals surface area (Å²) in [5.41, 5.74) is 4.33. The van der Waals surface area contributed by atoms with Gasteiger partial charge in [-0.05, 0) is 78.3 Å². The Bertz CT molecular complexity index is 1580.